The van der Waals surface area contributed by atoms with Gasteiger partial charge in [0.05, 0.1) is 6.04 Å². The Bertz CT molecular complexity index is 549. The van der Waals surface area contributed by atoms with Gasteiger partial charge in [-0.15, -0.1) is 10.2 Å². The lowest BCUT2D eigenvalue weighted by molar-refractivity contribution is 0.453. The first-order valence-electron chi connectivity index (χ1n) is 5.74. The molecule has 0 amide bonds. The van der Waals surface area contributed by atoms with Crippen molar-refractivity contribution in [2.24, 2.45) is 5.73 Å². The van der Waals surface area contributed by atoms with Gasteiger partial charge in [-0.25, -0.2) is 0 Å². The zero-order chi connectivity index (χ0) is 11.8. The monoisotopic (exact) mass is 230 g/mol. The Kier molecular flexibility index (Phi) is 2.33. The lowest BCUT2D eigenvalue weighted by Gasteiger charge is -2.20. The summed E-state index contributed by atoms with van der Waals surface area (Å²) >= 11 is 0. The second kappa shape index (κ2) is 3.85. The molecule has 2 heterocycles. The van der Waals surface area contributed by atoms with E-state index >= 15 is 0 Å². The predicted molar refractivity (Wildman–Crippen MR) is 63.3 cm³/mol. The van der Waals surface area contributed by atoms with Crippen LogP contribution in [0.15, 0.2) is 24.3 Å². The molecule has 3 rings (SSSR count). The van der Waals surface area contributed by atoms with E-state index in [0.717, 1.165) is 36.6 Å². The highest BCUT2D eigenvalue weighted by Gasteiger charge is 2.22. The molecule has 0 saturated heterocycles. The lowest BCUT2D eigenvalue weighted by atomic mass is 10.1. The van der Waals surface area contributed by atoms with Crippen molar-refractivity contribution in [1.29, 1.82) is 0 Å². The van der Waals surface area contributed by atoms with E-state index in [2.05, 4.69) is 10.2 Å². The van der Waals surface area contributed by atoms with Crippen molar-refractivity contribution >= 4 is 0 Å². The Balaban J connectivity index is 2.10. The van der Waals surface area contributed by atoms with E-state index in [-0.39, 0.29) is 11.8 Å². The number of aromatic hydroxyl groups is 1. The minimum atomic E-state index is -0.0256. The zero-order valence-corrected chi connectivity index (χ0v) is 9.37. The Labute approximate surface area is 98.9 Å². The molecule has 0 saturated carbocycles. The number of hydrogen-bond donors (Lipinski definition) is 2. The molecule has 3 N–H and O–H groups in total. The molecule has 17 heavy (non-hydrogen) atoms. The number of phenolic OH excluding ortho intramolecular Hbond substituents is 1. The van der Waals surface area contributed by atoms with Crippen molar-refractivity contribution in [1.82, 2.24) is 14.8 Å². The van der Waals surface area contributed by atoms with E-state index < -0.39 is 0 Å². The average molecular weight is 230 g/mol. The van der Waals surface area contributed by atoms with E-state index in [1.165, 1.54) is 0 Å². The highest BCUT2D eigenvalue weighted by atomic mass is 16.3. The molecular formula is C12H14N4O. The van der Waals surface area contributed by atoms with Gasteiger partial charge in [0.15, 0.2) is 5.82 Å². The number of aromatic nitrogens is 3. The normalized spacial score (nSPS) is 19.0. The molecule has 1 aromatic carbocycles. The quantitative estimate of drug-likeness (QED) is 0.777. The second-order valence-electron chi connectivity index (χ2n) is 4.33. The summed E-state index contributed by atoms with van der Waals surface area (Å²) in [5.41, 5.74) is 6.87. The SMILES string of the molecule is NC1CCCn2c(-c3cccc(O)c3)nnc21. The molecule has 1 atom stereocenters. The van der Waals surface area contributed by atoms with E-state index in [1.807, 2.05) is 10.6 Å². The van der Waals surface area contributed by atoms with Crippen molar-refractivity contribution < 1.29 is 5.11 Å². The summed E-state index contributed by atoms with van der Waals surface area (Å²) in [4.78, 5) is 0. The van der Waals surface area contributed by atoms with E-state index in [1.54, 1.807) is 18.2 Å². The molecule has 0 spiro atoms. The maximum Gasteiger partial charge on any atom is 0.164 e. The Hall–Kier alpha value is -1.88. The molecule has 1 aromatic heterocycles. The third kappa shape index (κ3) is 1.68. The number of benzene rings is 1. The summed E-state index contributed by atoms with van der Waals surface area (Å²) in [6.07, 6.45) is 2.00. The molecule has 1 aliphatic rings. The van der Waals surface area contributed by atoms with E-state index in [0.29, 0.717) is 0 Å². The van der Waals surface area contributed by atoms with Gasteiger partial charge in [0, 0.05) is 12.1 Å². The van der Waals surface area contributed by atoms with Gasteiger partial charge < -0.3 is 15.4 Å². The predicted octanol–water partition coefficient (Wildman–Crippen LogP) is 1.44. The van der Waals surface area contributed by atoms with Gasteiger partial charge in [-0.3, -0.25) is 0 Å². The van der Waals surface area contributed by atoms with Crippen LogP contribution in [0.5, 0.6) is 5.75 Å². The Morgan fingerprint density at radius 3 is 3.06 bits per heavy atom. The van der Waals surface area contributed by atoms with Gasteiger partial charge >= 0.3 is 0 Å². The van der Waals surface area contributed by atoms with Crippen LogP contribution in [0.3, 0.4) is 0 Å². The highest BCUT2D eigenvalue weighted by Crippen LogP contribution is 2.28. The van der Waals surface area contributed by atoms with Crippen molar-refractivity contribution in [2.45, 2.75) is 25.4 Å². The molecule has 5 heteroatoms. The maximum absolute atomic E-state index is 9.49. The molecule has 5 nitrogen and oxygen atoms in total. The fraction of sp³-hybridized carbons (Fsp3) is 0.333. The fourth-order valence-corrected chi connectivity index (χ4v) is 2.27. The maximum atomic E-state index is 9.49. The molecule has 1 aliphatic heterocycles. The third-order valence-electron chi connectivity index (χ3n) is 3.11. The van der Waals surface area contributed by atoms with Crippen molar-refractivity contribution in [2.75, 3.05) is 0 Å². The molecule has 2 aromatic rings. The number of fused-ring (bicyclic) bond motifs is 1. The van der Waals surface area contributed by atoms with Gasteiger partial charge in [0.25, 0.3) is 0 Å². The van der Waals surface area contributed by atoms with Crippen LogP contribution >= 0.6 is 0 Å². The minimum Gasteiger partial charge on any atom is -0.508 e. The highest BCUT2D eigenvalue weighted by molar-refractivity contribution is 5.57. The second-order valence-corrected chi connectivity index (χ2v) is 4.33. The van der Waals surface area contributed by atoms with Crippen LogP contribution in [0.25, 0.3) is 11.4 Å². The van der Waals surface area contributed by atoms with Crippen molar-refractivity contribution in [3.8, 4) is 17.1 Å². The van der Waals surface area contributed by atoms with Gasteiger partial charge in [0.2, 0.25) is 0 Å². The summed E-state index contributed by atoms with van der Waals surface area (Å²) in [7, 11) is 0. The van der Waals surface area contributed by atoms with Gasteiger partial charge in [-0.05, 0) is 25.0 Å². The molecule has 0 bridgehead atoms. The first kappa shape index (κ1) is 10.3. The molecule has 0 fully saturated rings. The van der Waals surface area contributed by atoms with Crippen LogP contribution in [0.4, 0.5) is 0 Å². The molecule has 0 aliphatic carbocycles. The molecule has 1 unspecified atom stereocenters. The minimum absolute atomic E-state index is 0.0256. The molecule has 88 valence electrons. The van der Waals surface area contributed by atoms with Crippen molar-refractivity contribution in [3.05, 3.63) is 30.1 Å². The number of phenols is 1. The average Bonchev–Trinajstić information content (AvgIpc) is 2.74. The fourth-order valence-electron chi connectivity index (χ4n) is 2.27. The Morgan fingerprint density at radius 1 is 1.35 bits per heavy atom. The largest absolute Gasteiger partial charge is 0.508 e. The summed E-state index contributed by atoms with van der Waals surface area (Å²) in [6.45, 7) is 0.890. The number of nitrogens with two attached hydrogens (primary N) is 1. The number of hydrogen-bond acceptors (Lipinski definition) is 4. The lowest BCUT2D eigenvalue weighted by Crippen LogP contribution is -2.22. The van der Waals surface area contributed by atoms with Crippen molar-refractivity contribution in [3.63, 3.8) is 0 Å². The van der Waals surface area contributed by atoms with Crippen LogP contribution in [0, 0.1) is 0 Å². The van der Waals surface area contributed by atoms with Gasteiger partial charge in [0.1, 0.15) is 11.6 Å². The smallest absolute Gasteiger partial charge is 0.164 e. The van der Waals surface area contributed by atoms with Crippen LogP contribution in [0.2, 0.25) is 0 Å². The van der Waals surface area contributed by atoms with E-state index in [9.17, 15) is 5.11 Å². The molecular weight excluding hydrogens is 216 g/mol. The summed E-state index contributed by atoms with van der Waals surface area (Å²) in [5, 5.41) is 17.8. The standard InChI is InChI=1S/C12H14N4O/c13-10-5-2-6-16-11(14-15-12(10)16)8-3-1-4-9(17)7-8/h1,3-4,7,10,17H,2,5-6,13H2. The van der Waals surface area contributed by atoms with Crippen LogP contribution in [-0.4, -0.2) is 19.9 Å². The third-order valence-corrected chi connectivity index (χ3v) is 3.11. The molecule has 0 radical (unpaired) electrons. The Morgan fingerprint density at radius 2 is 2.24 bits per heavy atom. The van der Waals surface area contributed by atoms with Gasteiger partial charge in [-0.1, -0.05) is 12.1 Å². The van der Waals surface area contributed by atoms with Crippen LogP contribution in [-0.2, 0) is 6.54 Å². The summed E-state index contributed by atoms with van der Waals surface area (Å²) < 4.78 is 2.04. The first-order chi connectivity index (χ1) is 8.25. The van der Waals surface area contributed by atoms with Crippen LogP contribution < -0.4 is 5.73 Å². The van der Waals surface area contributed by atoms with Crippen LogP contribution in [0.1, 0.15) is 24.7 Å². The first-order valence-corrected chi connectivity index (χ1v) is 5.74. The van der Waals surface area contributed by atoms with E-state index in [4.69, 9.17) is 5.73 Å². The zero-order valence-electron chi connectivity index (χ0n) is 9.37. The summed E-state index contributed by atoms with van der Waals surface area (Å²) in [5.74, 6) is 1.86. The summed E-state index contributed by atoms with van der Waals surface area (Å²) in [6, 6.07) is 7.02. The van der Waals surface area contributed by atoms with Gasteiger partial charge in [-0.2, -0.15) is 0 Å². The number of rotatable bonds is 1. The number of nitrogens with zero attached hydrogens (tertiary/aromatic N) is 3. The topological polar surface area (TPSA) is 77.0 Å².